The zero-order valence-electron chi connectivity index (χ0n) is 11.0. The van der Waals surface area contributed by atoms with Crippen molar-refractivity contribution in [2.24, 2.45) is 0 Å². The van der Waals surface area contributed by atoms with Gasteiger partial charge in [-0.1, -0.05) is 12.1 Å². The van der Waals surface area contributed by atoms with Crippen molar-refractivity contribution in [2.75, 3.05) is 31.8 Å². The van der Waals surface area contributed by atoms with Gasteiger partial charge in [-0.05, 0) is 18.6 Å². The first-order valence-electron chi connectivity index (χ1n) is 5.78. The number of sulfone groups is 1. The minimum Gasteiger partial charge on any atom is -0.385 e. The highest BCUT2D eigenvalue weighted by Crippen LogP contribution is 2.20. The van der Waals surface area contributed by atoms with Gasteiger partial charge in [-0.25, -0.2) is 13.2 Å². The Balaban J connectivity index is 2.65. The number of hydrogen-bond acceptors (Lipinski definition) is 4. The Morgan fingerprint density at radius 2 is 2.00 bits per heavy atom. The smallest absolute Gasteiger partial charge is 0.319 e. The van der Waals surface area contributed by atoms with Gasteiger partial charge >= 0.3 is 6.03 Å². The summed E-state index contributed by atoms with van der Waals surface area (Å²) in [7, 11) is -1.78. The number of ether oxygens (including phenoxy) is 1. The molecule has 0 fully saturated rings. The Labute approximate surface area is 113 Å². The van der Waals surface area contributed by atoms with Crippen molar-refractivity contribution < 1.29 is 17.9 Å². The molecule has 0 saturated carbocycles. The molecule has 1 aromatic rings. The quantitative estimate of drug-likeness (QED) is 0.771. The summed E-state index contributed by atoms with van der Waals surface area (Å²) in [5, 5.41) is 5.14. The maximum absolute atomic E-state index is 11.6. The van der Waals surface area contributed by atoms with Crippen LogP contribution in [0.15, 0.2) is 29.2 Å². The number of carbonyl (C=O) groups is 1. The molecule has 2 amide bonds. The Morgan fingerprint density at radius 3 is 2.63 bits per heavy atom. The third kappa shape index (κ3) is 5.27. The molecule has 7 heteroatoms. The van der Waals surface area contributed by atoms with Crippen molar-refractivity contribution >= 4 is 21.6 Å². The minimum absolute atomic E-state index is 0.0991. The van der Waals surface area contributed by atoms with Crippen molar-refractivity contribution in [2.45, 2.75) is 11.3 Å². The zero-order valence-corrected chi connectivity index (χ0v) is 11.8. The van der Waals surface area contributed by atoms with E-state index in [-0.39, 0.29) is 10.6 Å². The number of benzene rings is 1. The van der Waals surface area contributed by atoms with Gasteiger partial charge in [0.05, 0.1) is 10.6 Å². The first-order chi connectivity index (χ1) is 8.95. The minimum atomic E-state index is -3.37. The molecule has 0 heterocycles. The summed E-state index contributed by atoms with van der Waals surface area (Å²) in [6.07, 6.45) is 1.79. The predicted octanol–water partition coefficient (Wildman–Crippen LogP) is 1.25. The summed E-state index contributed by atoms with van der Waals surface area (Å²) >= 11 is 0. The Kier molecular flexibility index (Phi) is 5.78. The molecule has 0 aliphatic rings. The molecule has 0 aromatic heterocycles. The van der Waals surface area contributed by atoms with Gasteiger partial charge in [0.25, 0.3) is 0 Å². The van der Waals surface area contributed by atoms with Crippen LogP contribution in [-0.2, 0) is 14.6 Å². The van der Waals surface area contributed by atoms with Crippen molar-refractivity contribution in [3.8, 4) is 0 Å². The van der Waals surface area contributed by atoms with Gasteiger partial charge in [0.2, 0.25) is 0 Å². The molecule has 1 rings (SSSR count). The molecule has 0 aliphatic carbocycles. The molecule has 0 unspecified atom stereocenters. The van der Waals surface area contributed by atoms with Gasteiger partial charge < -0.3 is 15.4 Å². The van der Waals surface area contributed by atoms with Crippen LogP contribution in [0.3, 0.4) is 0 Å². The molecule has 0 saturated heterocycles. The topological polar surface area (TPSA) is 84.5 Å². The van der Waals surface area contributed by atoms with E-state index < -0.39 is 15.9 Å². The number of para-hydroxylation sites is 1. The fourth-order valence-electron chi connectivity index (χ4n) is 1.48. The molecule has 0 radical (unpaired) electrons. The van der Waals surface area contributed by atoms with Gasteiger partial charge in [-0.15, -0.1) is 0 Å². The van der Waals surface area contributed by atoms with Crippen LogP contribution in [0.5, 0.6) is 0 Å². The summed E-state index contributed by atoms with van der Waals surface area (Å²) in [4.78, 5) is 11.7. The normalized spacial score (nSPS) is 11.1. The predicted molar refractivity (Wildman–Crippen MR) is 73.1 cm³/mol. The standard InChI is InChI=1S/C12H18N2O4S/c1-18-9-5-8-13-12(15)14-10-6-3-4-7-11(10)19(2,16)17/h3-4,6-7H,5,8-9H2,1-2H3,(H2,13,14,15). The van der Waals surface area contributed by atoms with E-state index in [0.717, 1.165) is 6.26 Å². The van der Waals surface area contributed by atoms with E-state index in [0.29, 0.717) is 19.6 Å². The number of anilines is 1. The fraction of sp³-hybridized carbons (Fsp3) is 0.417. The number of carbonyl (C=O) groups excluding carboxylic acids is 1. The van der Waals surface area contributed by atoms with E-state index in [2.05, 4.69) is 10.6 Å². The zero-order chi connectivity index (χ0) is 14.3. The second kappa shape index (κ2) is 7.10. The van der Waals surface area contributed by atoms with Gasteiger partial charge in [-0.2, -0.15) is 0 Å². The number of rotatable bonds is 6. The SMILES string of the molecule is COCCCNC(=O)Nc1ccccc1S(C)(=O)=O. The molecule has 0 aliphatic heterocycles. The number of amides is 2. The van der Waals surface area contributed by atoms with Crippen LogP contribution >= 0.6 is 0 Å². The number of urea groups is 1. The molecule has 0 spiro atoms. The fourth-order valence-corrected chi connectivity index (χ4v) is 2.32. The van der Waals surface area contributed by atoms with Gasteiger partial charge in [-0.3, -0.25) is 0 Å². The lowest BCUT2D eigenvalue weighted by atomic mass is 10.3. The molecule has 2 N–H and O–H groups in total. The van der Waals surface area contributed by atoms with Crippen LogP contribution in [0.2, 0.25) is 0 Å². The lowest BCUT2D eigenvalue weighted by Gasteiger charge is -2.10. The third-order valence-corrected chi connectivity index (χ3v) is 3.50. The van der Waals surface area contributed by atoms with Gasteiger partial charge in [0, 0.05) is 26.5 Å². The van der Waals surface area contributed by atoms with Crippen LogP contribution < -0.4 is 10.6 Å². The molecular formula is C12H18N2O4S. The van der Waals surface area contributed by atoms with Crippen molar-refractivity contribution in [3.63, 3.8) is 0 Å². The summed E-state index contributed by atoms with van der Waals surface area (Å²) < 4.78 is 27.9. The second-order valence-corrected chi connectivity index (χ2v) is 5.98. The highest BCUT2D eigenvalue weighted by atomic mass is 32.2. The van der Waals surface area contributed by atoms with E-state index in [1.807, 2.05) is 0 Å². The summed E-state index contributed by atoms with van der Waals surface area (Å²) in [6.45, 7) is 1.01. The number of nitrogens with one attached hydrogen (secondary N) is 2. The van der Waals surface area contributed by atoms with E-state index in [4.69, 9.17) is 4.74 Å². The first-order valence-corrected chi connectivity index (χ1v) is 7.67. The first kappa shape index (κ1) is 15.5. The molecule has 1 aromatic carbocycles. The maximum Gasteiger partial charge on any atom is 0.319 e. The van der Waals surface area contributed by atoms with Crippen molar-refractivity contribution in [1.29, 1.82) is 0 Å². The number of hydrogen-bond donors (Lipinski definition) is 2. The summed E-state index contributed by atoms with van der Waals surface area (Å²) in [5.74, 6) is 0. The van der Waals surface area contributed by atoms with E-state index in [1.165, 1.54) is 6.07 Å². The van der Waals surface area contributed by atoms with Crippen LogP contribution in [0.1, 0.15) is 6.42 Å². The van der Waals surface area contributed by atoms with Crippen molar-refractivity contribution in [3.05, 3.63) is 24.3 Å². The van der Waals surface area contributed by atoms with Crippen molar-refractivity contribution in [1.82, 2.24) is 5.32 Å². The summed E-state index contributed by atoms with van der Waals surface area (Å²) in [5.41, 5.74) is 0.272. The Morgan fingerprint density at radius 1 is 1.32 bits per heavy atom. The second-order valence-electron chi connectivity index (χ2n) is 4.00. The molecular weight excluding hydrogens is 268 g/mol. The largest absolute Gasteiger partial charge is 0.385 e. The van der Waals surface area contributed by atoms with Crippen LogP contribution in [0, 0.1) is 0 Å². The average molecular weight is 286 g/mol. The Hall–Kier alpha value is -1.60. The van der Waals surface area contributed by atoms with E-state index >= 15 is 0 Å². The van der Waals surface area contributed by atoms with Gasteiger partial charge in [0.15, 0.2) is 9.84 Å². The maximum atomic E-state index is 11.6. The highest BCUT2D eigenvalue weighted by Gasteiger charge is 2.13. The molecule has 6 nitrogen and oxygen atoms in total. The Bertz CT molecular complexity index is 528. The van der Waals surface area contributed by atoms with Crippen LogP contribution in [-0.4, -0.2) is 41.0 Å². The molecule has 0 bridgehead atoms. The van der Waals surface area contributed by atoms with Crippen LogP contribution in [0.4, 0.5) is 10.5 Å². The molecule has 0 atom stereocenters. The lowest BCUT2D eigenvalue weighted by Crippen LogP contribution is -2.30. The lowest BCUT2D eigenvalue weighted by molar-refractivity contribution is 0.194. The summed E-state index contributed by atoms with van der Waals surface area (Å²) in [6, 6.07) is 5.83. The highest BCUT2D eigenvalue weighted by molar-refractivity contribution is 7.90. The van der Waals surface area contributed by atoms with E-state index in [1.54, 1.807) is 25.3 Å². The third-order valence-electron chi connectivity index (χ3n) is 2.35. The monoisotopic (exact) mass is 286 g/mol. The van der Waals surface area contributed by atoms with Crippen LogP contribution in [0.25, 0.3) is 0 Å². The van der Waals surface area contributed by atoms with Gasteiger partial charge in [0.1, 0.15) is 0 Å². The molecule has 19 heavy (non-hydrogen) atoms. The average Bonchev–Trinajstić information content (AvgIpc) is 2.34. The molecule has 106 valence electrons. The number of methoxy groups -OCH3 is 1. The van der Waals surface area contributed by atoms with E-state index in [9.17, 15) is 13.2 Å².